The molecule has 0 spiro atoms. The zero-order chi connectivity index (χ0) is 19.2. The van der Waals surface area contributed by atoms with E-state index in [1.165, 1.54) is 44.1 Å². The Balaban J connectivity index is 0. The molecule has 0 amide bonds. The molecule has 0 aliphatic rings. The molecule has 0 aromatic heterocycles. The molecule has 0 rings (SSSR count). The van der Waals surface area contributed by atoms with Crippen LogP contribution >= 0.6 is 7.26 Å². The van der Waals surface area contributed by atoms with Gasteiger partial charge in [-0.05, 0) is 19.3 Å². The van der Waals surface area contributed by atoms with Crippen LogP contribution in [0.25, 0.3) is 0 Å². The van der Waals surface area contributed by atoms with Crippen LogP contribution in [0.5, 0.6) is 0 Å². The molecule has 8 heteroatoms. The Morgan fingerprint density at radius 2 is 1.50 bits per heavy atom. The number of hydrogen-bond acceptors (Lipinski definition) is 2. The van der Waals surface area contributed by atoms with Crippen LogP contribution in [0.2, 0.25) is 0 Å². The lowest BCUT2D eigenvalue weighted by atomic mass is 10.3. The van der Waals surface area contributed by atoms with Gasteiger partial charge in [-0.3, -0.25) is 0 Å². The summed E-state index contributed by atoms with van der Waals surface area (Å²) >= 11 is 0. The van der Waals surface area contributed by atoms with Crippen LogP contribution in [0, 0.1) is 0 Å². The smallest absolute Gasteiger partial charge is 0.424 e. The predicted octanol–water partition coefficient (Wildman–Crippen LogP) is 6.39. The molecule has 1 unspecified atom stereocenters. The van der Waals surface area contributed by atoms with E-state index in [-0.39, 0.29) is 11.8 Å². The molecule has 0 fully saturated rings. The van der Waals surface area contributed by atoms with Gasteiger partial charge in [-0.25, -0.2) is 4.79 Å². The van der Waals surface area contributed by atoms with E-state index in [0.29, 0.717) is 0 Å². The molecule has 2 nitrogen and oxygen atoms in total. The lowest BCUT2D eigenvalue weighted by Crippen LogP contribution is -2.24. The zero-order valence-electron chi connectivity index (χ0n) is 15.4. The van der Waals surface area contributed by atoms with Gasteiger partial charge in [-0.1, -0.05) is 40.2 Å². The first-order valence-electron chi connectivity index (χ1n) is 8.58. The van der Waals surface area contributed by atoms with Gasteiger partial charge in [0.15, 0.2) is 0 Å². The fourth-order valence-electron chi connectivity index (χ4n) is 2.37. The maximum absolute atomic E-state index is 11.6. The molecule has 144 valence electrons. The molecule has 0 saturated heterocycles. The molecule has 0 N–H and O–H groups in total. The Kier molecular flexibility index (Phi) is 14.6. The SMILES string of the molecule is C=CC(=O)OC(CCC)[P+](C)(CCCC)CCCC.F[B-](F)(F)F. The summed E-state index contributed by atoms with van der Waals surface area (Å²) in [5, 5.41) is 0. The molecule has 0 heterocycles. The highest BCUT2D eigenvalue weighted by molar-refractivity contribution is 7.75. The van der Waals surface area contributed by atoms with Gasteiger partial charge in [0.1, 0.15) is 0 Å². The van der Waals surface area contributed by atoms with Gasteiger partial charge in [0.05, 0.1) is 26.3 Å². The lowest BCUT2D eigenvalue weighted by molar-refractivity contribution is -0.139. The Labute approximate surface area is 144 Å². The van der Waals surface area contributed by atoms with Crippen molar-refractivity contribution >= 4 is 20.5 Å². The van der Waals surface area contributed by atoms with Crippen molar-refractivity contribution in [2.75, 3.05) is 19.0 Å². The predicted molar refractivity (Wildman–Crippen MR) is 97.6 cm³/mol. The molecule has 0 bridgehead atoms. The minimum atomic E-state index is -6.00. The van der Waals surface area contributed by atoms with E-state index < -0.39 is 14.5 Å². The quantitative estimate of drug-likeness (QED) is 0.138. The molecule has 0 aromatic rings. The van der Waals surface area contributed by atoms with Crippen LogP contribution in [0.15, 0.2) is 12.7 Å². The third-order valence-electron chi connectivity index (χ3n) is 3.69. The van der Waals surface area contributed by atoms with Crippen molar-refractivity contribution in [1.82, 2.24) is 0 Å². The Hall–Kier alpha value is -0.575. The number of carbonyl (C=O) groups is 1. The fraction of sp³-hybridized carbons (Fsp3) is 0.812. The number of esters is 1. The highest BCUT2D eigenvalue weighted by Crippen LogP contribution is 2.62. The van der Waals surface area contributed by atoms with E-state index in [1.54, 1.807) is 0 Å². The molecule has 0 aliphatic heterocycles. The van der Waals surface area contributed by atoms with Crippen LogP contribution in [0.3, 0.4) is 0 Å². The second-order valence-corrected chi connectivity index (χ2v) is 10.4. The van der Waals surface area contributed by atoms with E-state index in [2.05, 4.69) is 34.0 Å². The molecule has 0 aliphatic carbocycles. The van der Waals surface area contributed by atoms with Crippen LogP contribution in [0.4, 0.5) is 17.3 Å². The molecular weight excluding hydrogens is 342 g/mol. The number of ether oxygens (including phenoxy) is 1. The molecule has 1 atom stereocenters. The summed E-state index contributed by atoms with van der Waals surface area (Å²) in [6.07, 6.45) is 10.8. The van der Waals surface area contributed by atoms with Crippen molar-refractivity contribution in [3.8, 4) is 0 Å². The summed E-state index contributed by atoms with van der Waals surface area (Å²) in [7, 11) is -7.19. The van der Waals surface area contributed by atoms with Crippen molar-refractivity contribution < 1.29 is 26.8 Å². The normalized spacial score (nSPS) is 12.8. The van der Waals surface area contributed by atoms with Crippen molar-refractivity contribution in [3.05, 3.63) is 12.7 Å². The number of carbonyl (C=O) groups excluding carboxylic acids is 1. The first-order chi connectivity index (χ1) is 11.0. The monoisotopic (exact) mass is 374 g/mol. The van der Waals surface area contributed by atoms with E-state index in [4.69, 9.17) is 4.74 Å². The topological polar surface area (TPSA) is 26.3 Å². The molecule has 24 heavy (non-hydrogen) atoms. The summed E-state index contributed by atoms with van der Waals surface area (Å²) in [6, 6.07) is 0. The Morgan fingerprint density at radius 1 is 1.08 bits per heavy atom. The van der Waals surface area contributed by atoms with Gasteiger partial charge in [0.25, 0.3) is 0 Å². The van der Waals surface area contributed by atoms with E-state index >= 15 is 0 Å². The van der Waals surface area contributed by atoms with Crippen molar-refractivity contribution in [2.24, 2.45) is 0 Å². The van der Waals surface area contributed by atoms with Crippen molar-refractivity contribution in [2.45, 2.75) is 65.1 Å². The summed E-state index contributed by atoms with van der Waals surface area (Å²) in [5.74, 6) is -0.112. The maximum Gasteiger partial charge on any atom is 0.673 e. The van der Waals surface area contributed by atoms with Gasteiger partial charge in [0.2, 0.25) is 5.85 Å². The highest BCUT2D eigenvalue weighted by atomic mass is 31.2. The van der Waals surface area contributed by atoms with Gasteiger partial charge in [0, 0.05) is 12.5 Å². The fourth-order valence-corrected chi connectivity index (χ4v) is 6.48. The molecule has 0 radical (unpaired) electrons. The summed E-state index contributed by atoms with van der Waals surface area (Å²) in [6.45, 7) is 12.5. The second kappa shape index (κ2) is 13.7. The van der Waals surface area contributed by atoms with Crippen molar-refractivity contribution in [3.63, 3.8) is 0 Å². The number of hydrogen-bond donors (Lipinski definition) is 0. The van der Waals surface area contributed by atoms with E-state index in [1.807, 2.05) is 0 Å². The average Bonchev–Trinajstić information content (AvgIpc) is 2.48. The maximum atomic E-state index is 11.6. The third kappa shape index (κ3) is 15.0. The minimum absolute atomic E-state index is 0.140. The Morgan fingerprint density at radius 3 is 1.79 bits per heavy atom. The Bertz CT molecular complexity index is 337. The lowest BCUT2D eigenvalue weighted by Gasteiger charge is -2.31. The van der Waals surface area contributed by atoms with Crippen LogP contribution < -0.4 is 0 Å². The van der Waals surface area contributed by atoms with Gasteiger partial charge < -0.3 is 22.0 Å². The number of unbranched alkanes of at least 4 members (excludes halogenated alkanes) is 2. The van der Waals surface area contributed by atoms with Gasteiger partial charge >= 0.3 is 13.2 Å². The number of halogens is 4. The second-order valence-electron chi connectivity index (χ2n) is 6.01. The summed E-state index contributed by atoms with van der Waals surface area (Å²) < 4.78 is 44.7. The molecule has 0 saturated carbocycles. The first-order valence-corrected chi connectivity index (χ1v) is 11.3. The summed E-state index contributed by atoms with van der Waals surface area (Å²) in [4.78, 5) is 11.6. The van der Waals surface area contributed by atoms with Crippen LogP contribution in [-0.4, -0.2) is 38.1 Å². The third-order valence-corrected chi connectivity index (χ3v) is 8.12. The van der Waals surface area contributed by atoms with Gasteiger partial charge in [-0.2, -0.15) is 0 Å². The molecular formula is C16H32BF4O2P. The average molecular weight is 374 g/mol. The van der Waals surface area contributed by atoms with Gasteiger partial charge in [-0.15, -0.1) is 0 Å². The van der Waals surface area contributed by atoms with Crippen LogP contribution in [-0.2, 0) is 9.53 Å². The largest absolute Gasteiger partial charge is 0.673 e. The first kappa shape index (κ1) is 25.7. The number of rotatable bonds is 11. The minimum Gasteiger partial charge on any atom is -0.424 e. The van der Waals surface area contributed by atoms with E-state index in [0.717, 1.165) is 12.8 Å². The van der Waals surface area contributed by atoms with Crippen molar-refractivity contribution in [1.29, 1.82) is 0 Å². The standard InChI is InChI=1S/C16H32O2P.BF4/c1-6-10-13-19(5,14-11-7-2)16(12-8-3)18-15(17)9-4;2-1(3,4)5/h9,16H,4,6-8,10-14H2,1-3,5H3;/q+1;-1. The highest BCUT2D eigenvalue weighted by Gasteiger charge is 2.41. The summed E-state index contributed by atoms with van der Waals surface area (Å²) in [5.41, 5.74) is 0. The van der Waals surface area contributed by atoms with E-state index in [9.17, 15) is 22.1 Å². The molecule has 0 aromatic carbocycles. The van der Waals surface area contributed by atoms with Crippen LogP contribution in [0.1, 0.15) is 59.3 Å². The zero-order valence-corrected chi connectivity index (χ0v) is 16.3.